The molecule has 0 radical (unpaired) electrons. The SMILES string of the molecule is CC/C(C)=C\NC(C)(C=N)C(C)(C)/C=C/[C@@H]1CCCN1C(=O)OC(C)(C)C. The Kier molecular flexibility index (Phi) is 7.70. The quantitative estimate of drug-likeness (QED) is 0.468. The van der Waals surface area contributed by atoms with E-state index in [-0.39, 0.29) is 17.6 Å². The molecule has 1 saturated heterocycles. The second kappa shape index (κ2) is 8.94. The average Bonchev–Trinajstić information content (AvgIpc) is 3.04. The molecule has 154 valence electrons. The number of hydrogen-bond acceptors (Lipinski definition) is 4. The van der Waals surface area contributed by atoms with Crippen molar-refractivity contribution in [3.63, 3.8) is 0 Å². The van der Waals surface area contributed by atoms with Gasteiger partial charge in [0.1, 0.15) is 5.60 Å². The fraction of sp³-hybridized carbons (Fsp3) is 0.727. The summed E-state index contributed by atoms with van der Waals surface area (Å²) in [5.41, 5.74) is -0.0643. The van der Waals surface area contributed by atoms with Gasteiger partial charge in [-0.2, -0.15) is 0 Å². The van der Waals surface area contributed by atoms with Gasteiger partial charge in [-0.3, -0.25) is 0 Å². The zero-order valence-electron chi connectivity index (χ0n) is 18.5. The summed E-state index contributed by atoms with van der Waals surface area (Å²) < 4.78 is 5.55. The molecule has 0 saturated carbocycles. The molecule has 0 bridgehead atoms. The van der Waals surface area contributed by atoms with E-state index in [1.54, 1.807) is 0 Å². The molecule has 1 unspecified atom stereocenters. The number of ether oxygens (including phenoxy) is 1. The fourth-order valence-electron chi connectivity index (χ4n) is 2.85. The van der Waals surface area contributed by atoms with Crippen molar-refractivity contribution in [1.29, 1.82) is 5.41 Å². The van der Waals surface area contributed by atoms with Crippen LogP contribution in [0.1, 0.15) is 74.7 Å². The van der Waals surface area contributed by atoms with Gasteiger partial charge in [-0.1, -0.05) is 38.5 Å². The van der Waals surface area contributed by atoms with Gasteiger partial charge in [0.25, 0.3) is 0 Å². The summed E-state index contributed by atoms with van der Waals surface area (Å²) in [5, 5.41) is 11.4. The van der Waals surface area contributed by atoms with Gasteiger partial charge in [-0.25, -0.2) is 4.79 Å². The minimum atomic E-state index is -0.519. The van der Waals surface area contributed by atoms with Gasteiger partial charge in [0.2, 0.25) is 0 Å². The van der Waals surface area contributed by atoms with Gasteiger partial charge in [-0.15, -0.1) is 0 Å². The number of likely N-dealkylation sites (tertiary alicyclic amines) is 1. The highest BCUT2D eigenvalue weighted by Gasteiger charge is 2.38. The van der Waals surface area contributed by atoms with Crippen molar-refractivity contribution in [2.75, 3.05) is 6.54 Å². The summed E-state index contributed by atoms with van der Waals surface area (Å²) in [6, 6.07) is 0.0435. The molecule has 0 aromatic carbocycles. The van der Waals surface area contributed by atoms with E-state index < -0.39 is 11.1 Å². The summed E-state index contributed by atoms with van der Waals surface area (Å²) >= 11 is 0. The van der Waals surface area contributed by atoms with E-state index >= 15 is 0 Å². The smallest absolute Gasteiger partial charge is 0.410 e. The molecule has 0 aromatic rings. The van der Waals surface area contributed by atoms with Crippen LogP contribution in [0.25, 0.3) is 0 Å². The van der Waals surface area contributed by atoms with Crippen molar-refractivity contribution in [3.05, 3.63) is 23.9 Å². The Morgan fingerprint density at radius 3 is 2.41 bits per heavy atom. The predicted octanol–water partition coefficient (Wildman–Crippen LogP) is 5.28. The molecule has 1 aliphatic heterocycles. The Bertz CT molecular complexity index is 587. The first kappa shape index (κ1) is 23.3. The summed E-state index contributed by atoms with van der Waals surface area (Å²) in [4.78, 5) is 14.3. The third-order valence-corrected chi connectivity index (χ3v) is 5.47. The molecule has 1 amide bonds. The minimum Gasteiger partial charge on any atom is -0.444 e. The van der Waals surface area contributed by atoms with E-state index in [0.29, 0.717) is 0 Å². The summed E-state index contributed by atoms with van der Waals surface area (Å²) in [6.07, 6.45) is 10.4. The highest BCUT2D eigenvalue weighted by molar-refractivity contribution is 5.70. The first-order chi connectivity index (χ1) is 12.3. The number of amides is 1. The number of nitrogens with zero attached hydrogens (tertiary/aromatic N) is 1. The van der Waals surface area contributed by atoms with Crippen molar-refractivity contribution < 1.29 is 9.53 Å². The number of hydrogen-bond donors (Lipinski definition) is 2. The number of allylic oxidation sites excluding steroid dienone is 1. The molecule has 2 N–H and O–H groups in total. The first-order valence-electron chi connectivity index (χ1n) is 9.99. The third kappa shape index (κ3) is 6.40. The molecule has 1 heterocycles. The molecule has 1 rings (SSSR count). The number of nitrogens with one attached hydrogen (secondary N) is 2. The van der Waals surface area contributed by atoms with Crippen LogP contribution in [0.15, 0.2) is 23.9 Å². The van der Waals surface area contributed by atoms with Gasteiger partial charge in [0, 0.05) is 18.2 Å². The molecule has 0 spiro atoms. The molecule has 1 aliphatic rings. The lowest BCUT2D eigenvalue weighted by Crippen LogP contribution is -2.52. The molecule has 27 heavy (non-hydrogen) atoms. The van der Waals surface area contributed by atoms with E-state index in [2.05, 4.69) is 45.2 Å². The van der Waals surface area contributed by atoms with Crippen LogP contribution < -0.4 is 5.32 Å². The van der Waals surface area contributed by atoms with Crippen molar-refractivity contribution in [3.8, 4) is 0 Å². The molecular weight excluding hydrogens is 338 g/mol. The second-order valence-electron chi connectivity index (χ2n) is 9.30. The van der Waals surface area contributed by atoms with Crippen LogP contribution in [0.5, 0.6) is 0 Å². The van der Waals surface area contributed by atoms with Crippen molar-refractivity contribution >= 4 is 12.3 Å². The molecule has 5 heteroatoms. The molecule has 0 aliphatic carbocycles. The van der Waals surface area contributed by atoms with Crippen LogP contribution in [-0.2, 0) is 4.74 Å². The monoisotopic (exact) mass is 377 g/mol. The molecular formula is C22H39N3O2. The predicted molar refractivity (Wildman–Crippen MR) is 113 cm³/mol. The van der Waals surface area contributed by atoms with Crippen LogP contribution in [0.3, 0.4) is 0 Å². The Balaban J connectivity index is 2.93. The minimum absolute atomic E-state index is 0.0435. The normalized spacial score (nSPS) is 21.3. The van der Waals surface area contributed by atoms with E-state index in [9.17, 15) is 4.79 Å². The maximum Gasteiger partial charge on any atom is 0.410 e. The summed E-state index contributed by atoms with van der Waals surface area (Å²) in [6.45, 7) is 16.9. The van der Waals surface area contributed by atoms with Crippen molar-refractivity contribution in [2.24, 2.45) is 5.41 Å². The fourth-order valence-corrected chi connectivity index (χ4v) is 2.85. The Morgan fingerprint density at radius 1 is 1.26 bits per heavy atom. The largest absolute Gasteiger partial charge is 0.444 e. The molecule has 5 nitrogen and oxygen atoms in total. The number of rotatable bonds is 7. The van der Waals surface area contributed by atoms with Crippen LogP contribution in [-0.4, -0.2) is 40.9 Å². The molecule has 1 fully saturated rings. The lowest BCUT2D eigenvalue weighted by atomic mass is 9.73. The van der Waals surface area contributed by atoms with Crippen LogP contribution >= 0.6 is 0 Å². The highest BCUT2D eigenvalue weighted by atomic mass is 16.6. The van der Waals surface area contributed by atoms with E-state index in [1.165, 1.54) is 11.8 Å². The topological polar surface area (TPSA) is 65.4 Å². The average molecular weight is 378 g/mol. The lowest BCUT2D eigenvalue weighted by molar-refractivity contribution is 0.0255. The van der Waals surface area contributed by atoms with Gasteiger partial charge in [0.15, 0.2) is 0 Å². The summed E-state index contributed by atoms with van der Waals surface area (Å²) in [5.74, 6) is 0. The van der Waals surface area contributed by atoms with Crippen LogP contribution in [0.4, 0.5) is 4.79 Å². The van der Waals surface area contributed by atoms with Crippen molar-refractivity contribution in [1.82, 2.24) is 10.2 Å². The zero-order valence-corrected chi connectivity index (χ0v) is 18.5. The molecule has 0 aromatic heterocycles. The number of carbonyl (C=O) groups is 1. The van der Waals surface area contributed by atoms with Crippen molar-refractivity contribution in [2.45, 2.75) is 91.8 Å². The standard InChI is InChI=1S/C22H39N3O2/c1-9-17(2)15-24-22(8,16-23)21(6,7)13-12-18-11-10-14-25(18)19(26)27-20(3,4)5/h12-13,15-16,18,23-24H,9-11,14H2,1-8H3/b13-12+,17-15-,23-16?/t18-,22?/m0/s1. The highest BCUT2D eigenvalue weighted by Crippen LogP contribution is 2.33. The Hall–Kier alpha value is -1.78. The zero-order chi connectivity index (χ0) is 20.9. The third-order valence-electron chi connectivity index (χ3n) is 5.47. The van der Waals surface area contributed by atoms with E-state index in [1.807, 2.05) is 38.8 Å². The second-order valence-corrected chi connectivity index (χ2v) is 9.30. The number of carbonyl (C=O) groups excluding carboxylic acids is 1. The molecule has 2 atom stereocenters. The van der Waals surface area contributed by atoms with Gasteiger partial charge < -0.3 is 20.4 Å². The Labute approximate surface area is 165 Å². The van der Waals surface area contributed by atoms with E-state index in [0.717, 1.165) is 25.8 Å². The maximum absolute atomic E-state index is 12.5. The van der Waals surface area contributed by atoms with E-state index in [4.69, 9.17) is 10.1 Å². The lowest BCUT2D eigenvalue weighted by Gasteiger charge is -2.40. The Morgan fingerprint density at radius 2 is 1.89 bits per heavy atom. The maximum atomic E-state index is 12.5. The van der Waals surface area contributed by atoms with Gasteiger partial charge in [0.05, 0.1) is 11.6 Å². The van der Waals surface area contributed by atoms with Gasteiger partial charge in [-0.05, 0) is 60.1 Å². The first-order valence-corrected chi connectivity index (χ1v) is 9.99. The van der Waals surface area contributed by atoms with Crippen LogP contribution in [0.2, 0.25) is 0 Å². The van der Waals surface area contributed by atoms with Crippen LogP contribution in [0, 0.1) is 10.8 Å². The summed E-state index contributed by atoms with van der Waals surface area (Å²) in [7, 11) is 0. The van der Waals surface area contributed by atoms with Gasteiger partial charge >= 0.3 is 6.09 Å².